The number of aliphatic carboxylic acids is 1. The molecule has 1 saturated heterocycles. The summed E-state index contributed by atoms with van der Waals surface area (Å²) in [5, 5.41) is 10.4. The smallest absolute Gasteiger partial charge is 0.308 e. The average Bonchev–Trinajstić information content (AvgIpc) is 2.92. The summed E-state index contributed by atoms with van der Waals surface area (Å²) in [5.74, 6) is -1.01. The van der Waals surface area contributed by atoms with Gasteiger partial charge < -0.3 is 14.6 Å². The van der Waals surface area contributed by atoms with Gasteiger partial charge in [-0.1, -0.05) is 25.1 Å². The molecule has 0 radical (unpaired) electrons. The third-order valence-electron chi connectivity index (χ3n) is 4.92. The maximum absolute atomic E-state index is 12.7. The molecule has 0 spiro atoms. The van der Waals surface area contributed by atoms with Gasteiger partial charge in [0.2, 0.25) is 5.91 Å². The van der Waals surface area contributed by atoms with E-state index < -0.39 is 11.9 Å². The second kappa shape index (κ2) is 6.67. The number of aryl methyl sites for hydroxylation is 1. The minimum Gasteiger partial charge on any atom is -0.481 e. The molecule has 1 aromatic carbocycles. The molecule has 0 aliphatic carbocycles. The van der Waals surface area contributed by atoms with Crippen LogP contribution < -0.4 is 0 Å². The Labute approximate surface area is 141 Å². The van der Waals surface area contributed by atoms with Crippen molar-refractivity contribution in [2.24, 2.45) is 11.8 Å². The monoisotopic (exact) mass is 328 g/mol. The normalized spacial score (nSPS) is 21.2. The highest BCUT2D eigenvalue weighted by atomic mass is 16.4. The molecule has 0 bridgehead atoms. The van der Waals surface area contributed by atoms with Crippen molar-refractivity contribution in [3.63, 3.8) is 0 Å². The van der Waals surface area contributed by atoms with E-state index in [4.69, 9.17) is 0 Å². The van der Waals surface area contributed by atoms with Crippen LogP contribution in [0.3, 0.4) is 0 Å². The van der Waals surface area contributed by atoms with Crippen LogP contribution in [-0.2, 0) is 22.6 Å². The van der Waals surface area contributed by atoms with Crippen LogP contribution in [-0.4, -0.2) is 39.5 Å². The molecule has 2 aromatic rings. The predicted molar refractivity (Wildman–Crippen MR) is 92.8 cm³/mol. The van der Waals surface area contributed by atoms with Crippen molar-refractivity contribution in [3.8, 4) is 0 Å². The Morgan fingerprint density at radius 3 is 2.71 bits per heavy atom. The molecule has 5 heteroatoms. The zero-order valence-corrected chi connectivity index (χ0v) is 14.2. The first-order valence-electron chi connectivity index (χ1n) is 8.57. The molecular weight excluding hydrogens is 304 g/mol. The van der Waals surface area contributed by atoms with Crippen LogP contribution in [0.15, 0.2) is 30.5 Å². The molecule has 24 heavy (non-hydrogen) atoms. The Morgan fingerprint density at radius 2 is 2.00 bits per heavy atom. The molecule has 1 N–H and O–H groups in total. The van der Waals surface area contributed by atoms with E-state index in [1.165, 1.54) is 0 Å². The second-order valence-electron chi connectivity index (χ2n) is 6.81. The van der Waals surface area contributed by atoms with Crippen LogP contribution in [0.5, 0.6) is 0 Å². The van der Waals surface area contributed by atoms with Crippen molar-refractivity contribution in [3.05, 3.63) is 36.0 Å². The van der Waals surface area contributed by atoms with Crippen molar-refractivity contribution >= 4 is 22.8 Å². The maximum Gasteiger partial charge on any atom is 0.308 e. The van der Waals surface area contributed by atoms with Gasteiger partial charge in [0, 0.05) is 36.7 Å². The summed E-state index contributed by atoms with van der Waals surface area (Å²) in [7, 11) is 0. The summed E-state index contributed by atoms with van der Waals surface area (Å²) < 4.78 is 2.15. The van der Waals surface area contributed by atoms with Crippen LogP contribution >= 0.6 is 0 Å². The van der Waals surface area contributed by atoms with Gasteiger partial charge in [-0.3, -0.25) is 9.59 Å². The standard InChI is InChI=1S/C19H24N2O3/c1-3-20-11-14(16-6-4-5-7-17(16)20)9-18(22)21-10-13(2)8-15(12-21)19(23)24/h4-7,11,13,15H,3,8-10,12H2,1-2H3,(H,23,24). The van der Waals surface area contributed by atoms with E-state index in [1.807, 2.05) is 31.3 Å². The first-order chi connectivity index (χ1) is 11.5. The lowest BCUT2D eigenvalue weighted by Crippen LogP contribution is -2.46. The van der Waals surface area contributed by atoms with Crippen molar-refractivity contribution in [2.75, 3.05) is 13.1 Å². The number of hydrogen-bond donors (Lipinski definition) is 1. The van der Waals surface area contributed by atoms with E-state index in [0.717, 1.165) is 23.0 Å². The molecule has 1 aliphatic rings. The third kappa shape index (κ3) is 3.16. The van der Waals surface area contributed by atoms with Gasteiger partial charge in [-0.15, -0.1) is 0 Å². The van der Waals surface area contributed by atoms with Crippen LogP contribution in [0.25, 0.3) is 10.9 Å². The molecule has 1 fully saturated rings. The molecule has 2 unspecified atom stereocenters. The lowest BCUT2D eigenvalue weighted by Gasteiger charge is -2.34. The van der Waals surface area contributed by atoms with Gasteiger partial charge in [0.05, 0.1) is 12.3 Å². The van der Waals surface area contributed by atoms with E-state index in [9.17, 15) is 14.7 Å². The zero-order valence-electron chi connectivity index (χ0n) is 14.2. The topological polar surface area (TPSA) is 62.5 Å². The zero-order chi connectivity index (χ0) is 17.3. The molecule has 128 valence electrons. The van der Waals surface area contributed by atoms with E-state index in [2.05, 4.69) is 17.6 Å². The highest BCUT2D eigenvalue weighted by Crippen LogP contribution is 2.25. The molecule has 1 amide bonds. The van der Waals surface area contributed by atoms with Gasteiger partial charge in [-0.25, -0.2) is 0 Å². The fourth-order valence-electron chi connectivity index (χ4n) is 3.73. The van der Waals surface area contributed by atoms with Gasteiger partial charge in [-0.05, 0) is 30.9 Å². The van der Waals surface area contributed by atoms with Crippen molar-refractivity contribution in [1.29, 1.82) is 0 Å². The number of benzene rings is 1. The van der Waals surface area contributed by atoms with Gasteiger partial charge >= 0.3 is 5.97 Å². The highest BCUT2D eigenvalue weighted by molar-refractivity contribution is 5.89. The number of carbonyl (C=O) groups excluding carboxylic acids is 1. The number of amides is 1. The Bertz CT molecular complexity index is 765. The summed E-state index contributed by atoms with van der Waals surface area (Å²) in [6.45, 7) is 5.93. The average molecular weight is 328 g/mol. The van der Waals surface area contributed by atoms with E-state index in [0.29, 0.717) is 25.9 Å². The summed E-state index contributed by atoms with van der Waals surface area (Å²) in [6, 6.07) is 8.10. The SMILES string of the molecule is CCn1cc(CC(=O)N2CC(C)CC(C(=O)O)C2)c2ccccc21. The third-order valence-corrected chi connectivity index (χ3v) is 4.92. The first-order valence-corrected chi connectivity index (χ1v) is 8.57. The number of rotatable bonds is 4. The van der Waals surface area contributed by atoms with Crippen LogP contribution in [0.2, 0.25) is 0 Å². The van der Waals surface area contributed by atoms with Crippen molar-refractivity contribution in [2.45, 2.75) is 33.2 Å². The molecule has 1 aromatic heterocycles. The quantitative estimate of drug-likeness (QED) is 0.939. The first kappa shape index (κ1) is 16.6. The van der Waals surface area contributed by atoms with Crippen molar-refractivity contribution in [1.82, 2.24) is 9.47 Å². The number of aromatic nitrogens is 1. The number of nitrogens with zero attached hydrogens (tertiary/aromatic N) is 2. The van der Waals surface area contributed by atoms with Gasteiger partial charge in [0.1, 0.15) is 0 Å². The number of likely N-dealkylation sites (tertiary alicyclic amines) is 1. The summed E-state index contributed by atoms with van der Waals surface area (Å²) in [5.41, 5.74) is 2.15. The number of carboxylic acid groups (broad SMARTS) is 1. The lowest BCUT2D eigenvalue weighted by atomic mass is 9.90. The molecule has 0 saturated carbocycles. The summed E-state index contributed by atoms with van der Waals surface area (Å²) in [6.07, 6.45) is 3.02. The van der Waals surface area contributed by atoms with Gasteiger partial charge in [0.15, 0.2) is 0 Å². The number of para-hydroxylation sites is 1. The number of hydrogen-bond acceptors (Lipinski definition) is 2. The predicted octanol–water partition coefficient (Wildman–Crippen LogP) is 2.77. The van der Waals surface area contributed by atoms with E-state index in [1.54, 1.807) is 4.90 Å². The Hall–Kier alpha value is -2.30. The number of piperidine rings is 1. The number of carbonyl (C=O) groups is 2. The van der Waals surface area contributed by atoms with Crippen molar-refractivity contribution < 1.29 is 14.7 Å². The molecule has 5 nitrogen and oxygen atoms in total. The molecular formula is C19H24N2O3. The highest BCUT2D eigenvalue weighted by Gasteiger charge is 2.32. The number of carboxylic acids is 1. The van der Waals surface area contributed by atoms with Gasteiger partial charge in [0.25, 0.3) is 0 Å². The van der Waals surface area contributed by atoms with Gasteiger partial charge in [-0.2, -0.15) is 0 Å². The minimum absolute atomic E-state index is 0.0202. The van der Waals surface area contributed by atoms with E-state index in [-0.39, 0.29) is 11.8 Å². The fraction of sp³-hybridized carbons (Fsp3) is 0.474. The molecule has 1 aliphatic heterocycles. The summed E-state index contributed by atoms with van der Waals surface area (Å²) in [4.78, 5) is 25.8. The van der Waals surface area contributed by atoms with E-state index >= 15 is 0 Å². The Kier molecular flexibility index (Phi) is 4.60. The van der Waals surface area contributed by atoms with Crippen LogP contribution in [0.1, 0.15) is 25.8 Å². The number of fused-ring (bicyclic) bond motifs is 1. The van der Waals surface area contributed by atoms with Crippen LogP contribution in [0, 0.1) is 11.8 Å². The maximum atomic E-state index is 12.7. The summed E-state index contributed by atoms with van der Waals surface area (Å²) >= 11 is 0. The minimum atomic E-state index is -0.804. The molecule has 2 atom stereocenters. The van der Waals surface area contributed by atoms with Crippen LogP contribution in [0.4, 0.5) is 0 Å². The Morgan fingerprint density at radius 1 is 1.25 bits per heavy atom. The largest absolute Gasteiger partial charge is 0.481 e. The molecule has 3 rings (SSSR count). The lowest BCUT2D eigenvalue weighted by molar-refractivity contribution is -0.146. The molecule has 2 heterocycles. The fourth-order valence-corrected chi connectivity index (χ4v) is 3.73. The Balaban J connectivity index is 1.81. The second-order valence-corrected chi connectivity index (χ2v) is 6.81.